The van der Waals surface area contributed by atoms with Crippen molar-refractivity contribution in [2.24, 2.45) is 5.14 Å². The summed E-state index contributed by atoms with van der Waals surface area (Å²) in [5, 5.41) is 7.90. The fourth-order valence-electron chi connectivity index (χ4n) is 2.47. The van der Waals surface area contributed by atoms with E-state index in [-0.39, 0.29) is 16.2 Å². The molecule has 0 aliphatic carbocycles. The van der Waals surface area contributed by atoms with Gasteiger partial charge >= 0.3 is 0 Å². The minimum absolute atomic E-state index is 0.129. The first kappa shape index (κ1) is 19.9. The van der Waals surface area contributed by atoms with E-state index in [1.165, 1.54) is 30.9 Å². The number of methoxy groups -OCH3 is 1. The second-order valence-corrected chi connectivity index (χ2v) is 7.45. The molecule has 3 N–H and O–H groups in total. The average Bonchev–Trinajstić information content (AvgIpc) is 2.61. The van der Waals surface area contributed by atoms with Gasteiger partial charge in [0.15, 0.2) is 0 Å². The van der Waals surface area contributed by atoms with Crippen LogP contribution in [0, 0.1) is 0 Å². The van der Waals surface area contributed by atoms with Crippen LogP contribution in [-0.4, -0.2) is 46.5 Å². The Labute approximate surface area is 153 Å². The standard InChI is InChI=1S/C18H23N3O4S/c1-21(13-14-6-4-3-5-7-14)11-10-20-18(22)16-12-15(26(19,23)24)8-9-17(16)25-2/h3-9,12H,10-11,13H2,1-2H3,(H,20,22)(H2,19,23,24). The molecular weight excluding hydrogens is 354 g/mol. The van der Waals surface area contributed by atoms with Gasteiger partial charge in [-0.3, -0.25) is 4.79 Å². The third-order valence-electron chi connectivity index (χ3n) is 3.82. The summed E-state index contributed by atoms with van der Waals surface area (Å²) in [5.41, 5.74) is 1.31. The first-order valence-corrected chi connectivity index (χ1v) is 9.57. The molecule has 0 fully saturated rings. The highest BCUT2D eigenvalue weighted by atomic mass is 32.2. The van der Waals surface area contributed by atoms with E-state index < -0.39 is 15.9 Å². The van der Waals surface area contributed by atoms with Crippen LogP contribution < -0.4 is 15.2 Å². The number of hydrogen-bond acceptors (Lipinski definition) is 5. The monoisotopic (exact) mass is 377 g/mol. The summed E-state index contributed by atoms with van der Waals surface area (Å²) in [6.07, 6.45) is 0. The Balaban J connectivity index is 1.97. The molecule has 0 atom stereocenters. The molecule has 0 unspecified atom stereocenters. The molecule has 0 radical (unpaired) electrons. The summed E-state index contributed by atoms with van der Waals surface area (Å²) in [5.74, 6) is -0.131. The molecule has 0 spiro atoms. The van der Waals surface area contributed by atoms with E-state index in [9.17, 15) is 13.2 Å². The number of hydrogen-bond donors (Lipinski definition) is 2. The van der Waals surface area contributed by atoms with Crippen molar-refractivity contribution in [2.45, 2.75) is 11.4 Å². The molecule has 1 amide bonds. The third-order valence-corrected chi connectivity index (χ3v) is 4.73. The number of amides is 1. The minimum Gasteiger partial charge on any atom is -0.496 e. The Bertz CT molecular complexity index is 854. The molecule has 0 saturated carbocycles. The first-order chi connectivity index (χ1) is 12.3. The average molecular weight is 377 g/mol. The summed E-state index contributed by atoms with van der Waals surface area (Å²) in [4.78, 5) is 14.3. The summed E-state index contributed by atoms with van der Waals surface area (Å²) < 4.78 is 28.1. The number of rotatable bonds is 8. The van der Waals surface area contributed by atoms with Gasteiger partial charge in [0.1, 0.15) is 5.75 Å². The van der Waals surface area contributed by atoms with E-state index in [0.717, 1.165) is 6.54 Å². The largest absolute Gasteiger partial charge is 0.496 e. The highest BCUT2D eigenvalue weighted by Gasteiger charge is 2.17. The minimum atomic E-state index is -3.90. The molecule has 2 aromatic carbocycles. The summed E-state index contributed by atoms with van der Waals surface area (Å²) >= 11 is 0. The highest BCUT2D eigenvalue weighted by molar-refractivity contribution is 7.89. The number of carbonyl (C=O) groups excluding carboxylic acids is 1. The molecule has 0 saturated heterocycles. The molecule has 0 bridgehead atoms. The molecule has 140 valence electrons. The zero-order chi connectivity index (χ0) is 19.2. The third kappa shape index (κ3) is 5.55. The second kappa shape index (κ2) is 8.79. The lowest BCUT2D eigenvalue weighted by Gasteiger charge is -2.17. The predicted molar refractivity (Wildman–Crippen MR) is 99.5 cm³/mol. The molecule has 26 heavy (non-hydrogen) atoms. The van der Waals surface area contributed by atoms with Crippen LogP contribution in [0.15, 0.2) is 53.4 Å². The SMILES string of the molecule is COc1ccc(S(N)(=O)=O)cc1C(=O)NCCN(C)Cc1ccccc1. The van der Waals surface area contributed by atoms with Gasteiger partial charge < -0.3 is 15.0 Å². The Hall–Kier alpha value is -2.42. The van der Waals surface area contributed by atoms with Gasteiger partial charge in [0, 0.05) is 19.6 Å². The van der Waals surface area contributed by atoms with Gasteiger partial charge in [0.05, 0.1) is 17.6 Å². The van der Waals surface area contributed by atoms with E-state index in [1.54, 1.807) is 0 Å². The molecule has 0 aromatic heterocycles. The Morgan fingerprint density at radius 1 is 1.19 bits per heavy atom. The second-order valence-electron chi connectivity index (χ2n) is 5.89. The molecule has 0 aliphatic rings. The van der Waals surface area contributed by atoms with Crippen LogP contribution in [0.25, 0.3) is 0 Å². The number of ether oxygens (including phenoxy) is 1. The number of nitrogens with zero attached hydrogens (tertiary/aromatic N) is 1. The van der Waals surface area contributed by atoms with Crippen molar-refractivity contribution < 1.29 is 17.9 Å². The number of sulfonamides is 1. The van der Waals surface area contributed by atoms with Crippen molar-refractivity contribution in [3.05, 3.63) is 59.7 Å². The fourth-order valence-corrected chi connectivity index (χ4v) is 3.01. The van der Waals surface area contributed by atoms with Crippen molar-refractivity contribution in [2.75, 3.05) is 27.2 Å². The summed E-state index contributed by atoms with van der Waals surface area (Å²) in [6, 6.07) is 13.9. The van der Waals surface area contributed by atoms with Crippen molar-refractivity contribution >= 4 is 15.9 Å². The molecule has 2 rings (SSSR count). The highest BCUT2D eigenvalue weighted by Crippen LogP contribution is 2.21. The Morgan fingerprint density at radius 2 is 1.88 bits per heavy atom. The Morgan fingerprint density at radius 3 is 2.50 bits per heavy atom. The van der Waals surface area contributed by atoms with E-state index in [0.29, 0.717) is 13.1 Å². The van der Waals surface area contributed by atoms with Gasteiger partial charge in [-0.1, -0.05) is 30.3 Å². The van der Waals surface area contributed by atoms with Crippen LogP contribution in [0.3, 0.4) is 0 Å². The van der Waals surface area contributed by atoms with Gasteiger partial charge in [-0.05, 0) is 30.8 Å². The maximum absolute atomic E-state index is 12.4. The van der Waals surface area contributed by atoms with E-state index >= 15 is 0 Å². The van der Waals surface area contributed by atoms with Crippen LogP contribution in [0.4, 0.5) is 0 Å². The molecule has 8 heteroatoms. The van der Waals surface area contributed by atoms with Gasteiger partial charge in [0.25, 0.3) is 5.91 Å². The number of benzene rings is 2. The number of nitrogens with two attached hydrogens (primary N) is 1. The lowest BCUT2D eigenvalue weighted by atomic mass is 10.2. The molecule has 7 nitrogen and oxygen atoms in total. The topological polar surface area (TPSA) is 102 Å². The molecule has 0 heterocycles. The normalized spacial score (nSPS) is 11.4. The van der Waals surface area contributed by atoms with Gasteiger partial charge in [0.2, 0.25) is 10.0 Å². The van der Waals surface area contributed by atoms with Gasteiger partial charge in [-0.2, -0.15) is 0 Å². The van der Waals surface area contributed by atoms with Crippen LogP contribution in [0.2, 0.25) is 0 Å². The van der Waals surface area contributed by atoms with Crippen molar-refractivity contribution in [3.63, 3.8) is 0 Å². The smallest absolute Gasteiger partial charge is 0.255 e. The van der Waals surface area contributed by atoms with E-state index in [2.05, 4.69) is 10.2 Å². The number of likely N-dealkylation sites (N-methyl/N-ethyl adjacent to an activating group) is 1. The maximum Gasteiger partial charge on any atom is 0.255 e. The fraction of sp³-hybridized carbons (Fsp3) is 0.278. The zero-order valence-electron chi connectivity index (χ0n) is 14.8. The van der Waals surface area contributed by atoms with Crippen molar-refractivity contribution in [1.82, 2.24) is 10.2 Å². The van der Waals surface area contributed by atoms with E-state index in [1.807, 2.05) is 37.4 Å². The predicted octanol–water partition coefficient (Wildman–Crippen LogP) is 1.20. The van der Waals surface area contributed by atoms with Crippen LogP contribution in [0.1, 0.15) is 15.9 Å². The van der Waals surface area contributed by atoms with E-state index in [4.69, 9.17) is 9.88 Å². The zero-order valence-corrected chi connectivity index (χ0v) is 15.6. The summed E-state index contributed by atoms with van der Waals surface area (Å²) in [6.45, 7) is 1.81. The molecule has 0 aliphatic heterocycles. The molecule has 2 aromatic rings. The Kier molecular flexibility index (Phi) is 6.73. The van der Waals surface area contributed by atoms with Crippen molar-refractivity contribution in [1.29, 1.82) is 0 Å². The quantitative estimate of drug-likeness (QED) is 0.720. The maximum atomic E-state index is 12.4. The first-order valence-electron chi connectivity index (χ1n) is 8.03. The number of nitrogens with one attached hydrogen (secondary N) is 1. The van der Waals surface area contributed by atoms with Crippen LogP contribution in [0.5, 0.6) is 5.75 Å². The van der Waals surface area contributed by atoms with Gasteiger partial charge in [-0.15, -0.1) is 0 Å². The number of primary sulfonamides is 1. The van der Waals surface area contributed by atoms with Crippen LogP contribution >= 0.6 is 0 Å². The van der Waals surface area contributed by atoms with Gasteiger partial charge in [-0.25, -0.2) is 13.6 Å². The van der Waals surface area contributed by atoms with Crippen molar-refractivity contribution in [3.8, 4) is 5.75 Å². The lowest BCUT2D eigenvalue weighted by Crippen LogP contribution is -2.33. The summed E-state index contributed by atoms with van der Waals surface area (Å²) in [7, 11) is -0.523. The lowest BCUT2D eigenvalue weighted by molar-refractivity contribution is 0.0946. The number of carbonyl (C=O) groups is 1. The molecular formula is C18H23N3O4S. The van der Waals surface area contributed by atoms with Crippen LogP contribution in [-0.2, 0) is 16.6 Å².